The number of aliphatic imine (C=N–C) groups is 1. The Morgan fingerprint density at radius 3 is 2.88 bits per heavy atom. The van der Waals surface area contributed by atoms with Crippen molar-refractivity contribution in [2.45, 2.75) is 25.4 Å². The fourth-order valence-electron chi connectivity index (χ4n) is 3.02. The van der Waals surface area contributed by atoms with E-state index in [9.17, 15) is 4.79 Å². The van der Waals surface area contributed by atoms with Gasteiger partial charge < -0.3 is 14.4 Å². The number of nitrogens with zero attached hydrogens (tertiary/aromatic N) is 3. The Kier molecular flexibility index (Phi) is 6.19. The lowest BCUT2D eigenvalue weighted by Gasteiger charge is -2.31. The molecule has 1 aromatic carbocycles. The number of rotatable bonds is 5. The van der Waals surface area contributed by atoms with E-state index in [-0.39, 0.29) is 12.0 Å². The quantitative estimate of drug-likeness (QED) is 0.604. The lowest BCUT2D eigenvalue weighted by Crippen LogP contribution is -2.39. The predicted molar refractivity (Wildman–Crippen MR) is 99.6 cm³/mol. The molecule has 0 saturated carbocycles. The smallest absolute Gasteiger partial charge is 0.410 e. The Bertz CT molecular complexity index is 732. The number of ether oxygens (including phenoxy) is 2. The summed E-state index contributed by atoms with van der Waals surface area (Å²) in [5.41, 5.74) is 2.70. The molecule has 0 spiro atoms. The molecule has 1 fully saturated rings. The molecular formula is C20H23N3O3. The highest BCUT2D eigenvalue weighted by molar-refractivity contribution is 5.68. The molecule has 0 N–H and O–H groups in total. The third-order valence-electron chi connectivity index (χ3n) is 4.38. The molecule has 1 aliphatic heterocycles. The van der Waals surface area contributed by atoms with Crippen LogP contribution in [0.2, 0.25) is 0 Å². The first-order valence-electron chi connectivity index (χ1n) is 8.73. The SMILES string of the molecule is CO/C=N\c1ccc(C2CCCN(C(=O)OCc3ccccc3)C2)nc1. The van der Waals surface area contributed by atoms with E-state index >= 15 is 0 Å². The molecule has 1 atom stereocenters. The second-order valence-corrected chi connectivity index (χ2v) is 6.24. The highest BCUT2D eigenvalue weighted by Crippen LogP contribution is 2.27. The molecule has 6 heteroatoms. The van der Waals surface area contributed by atoms with Crippen LogP contribution in [-0.2, 0) is 16.1 Å². The molecule has 1 aliphatic rings. The van der Waals surface area contributed by atoms with Crippen LogP contribution < -0.4 is 0 Å². The van der Waals surface area contributed by atoms with Crippen LogP contribution in [0.3, 0.4) is 0 Å². The van der Waals surface area contributed by atoms with Crippen LogP contribution in [-0.4, -0.2) is 42.6 Å². The molecule has 0 aliphatic carbocycles. The Balaban J connectivity index is 1.56. The van der Waals surface area contributed by atoms with Crippen molar-refractivity contribution in [3.8, 4) is 0 Å². The van der Waals surface area contributed by atoms with Crippen LogP contribution in [0, 0.1) is 0 Å². The zero-order valence-electron chi connectivity index (χ0n) is 14.9. The average Bonchev–Trinajstić information content (AvgIpc) is 2.71. The maximum absolute atomic E-state index is 12.4. The molecule has 2 aromatic rings. The summed E-state index contributed by atoms with van der Waals surface area (Å²) in [6.45, 7) is 1.65. The van der Waals surface area contributed by atoms with Gasteiger partial charge >= 0.3 is 6.09 Å². The van der Waals surface area contributed by atoms with Gasteiger partial charge in [-0.3, -0.25) is 4.98 Å². The van der Waals surface area contributed by atoms with Gasteiger partial charge in [-0.15, -0.1) is 0 Å². The summed E-state index contributed by atoms with van der Waals surface area (Å²) < 4.78 is 10.3. The van der Waals surface area contributed by atoms with E-state index in [4.69, 9.17) is 9.47 Å². The highest BCUT2D eigenvalue weighted by atomic mass is 16.6. The van der Waals surface area contributed by atoms with E-state index in [1.54, 1.807) is 18.2 Å². The Labute approximate surface area is 153 Å². The van der Waals surface area contributed by atoms with E-state index in [0.29, 0.717) is 13.2 Å². The zero-order valence-corrected chi connectivity index (χ0v) is 14.9. The van der Waals surface area contributed by atoms with Crippen LogP contribution >= 0.6 is 0 Å². The topological polar surface area (TPSA) is 64.0 Å². The van der Waals surface area contributed by atoms with E-state index in [1.807, 2.05) is 42.5 Å². The molecule has 136 valence electrons. The van der Waals surface area contributed by atoms with Crippen molar-refractivity contribution in [1.82, 2.24) is 9.88 Å². The van der Waals surface area contributed by atoms with Gasteiger partial charge in [0, 0.05) is 24.7 Å². The van der Waals surface area contributed by atoms with Crippen molar-refractivity contribution in [2.75, 3.05) is 20.2 Å². The molecule has 1 amide bonds. The van der Waals surface area contributed by atoms with Crippen molar-refractivity contribution >= 4 is 18.2 Å². The summed E-state index contributed by atoms with van der Waals surface area (Å²) in [5.74, 6) is 0.216. The van der Waals surface area contributed by atoms with E-state index in [0.717, 1.165) is 36.3 Å². The third kappa shape index (κ3) is 4.81. The molecule has 1 aromatic heterocycles. The van der Waals surface area contributed by atoms with Gasteiger partial charge in [-0.2, -0.15) is 0 Å². The van der Waals surface area contributed by atoms with Gasteiger partial charge in [-0.25, -0.2) is 9.79 Å². The number of amides is 1. The largest absolute Gasteiger partial charge is 0.486 e. The number of hydrogen-bond donors (Lipinski definition) is 0. The fraction of sp³-hybridized carbons (Fsp3) is 0.350. The molecule has 3 rings (SSSR count). The second-order valence-electron chi connectivity index (χ2n) is 6.24. The maximum Gasteiger partial charge on any atom is 0.410 e. The van der Waals surface area contributed by atoms with Crippen molar-refractivity contribution in [2.24, 2.45) is 4.99 Å². The minimum absolute atomic E-state index is 0.216. The van der Waals surface area contributed by atoms with E-state index in [1.165, 1.54) is 6.40 Å². The molecule has 1 unspecified atom stereocenters. The zero-order chi connectivity index (χ0) is 18.2. The first kappa shape index (κ1) is 17.9. The lowest BCUT2D eigenvalue weighted by atomic mass is 9.94. The number of hydrogen-bond acceptors (Lipinski definition) is 5. The molecule has 26 heavy (non-hydrogen) atoms. The van der Waals surface area contributed by atoms with E-state index in [2.05, 4.69) is 9.98 Å². The van der Waals surface area contributed by atoms with Crippen molar-refractivity contribution < 1.29 is 14.3 Å². The number of carbonyl (C=O) groups is 1. The Morgan fingerprint density at radius 2 is 2.15 bits per heavy atom. The maximum atomic E-state index is 12.4. The van der Waals surface area contributed by atoms with Crippen molar-refractivity contribution in [3.63, 3.8) is 0 Å². The van der Waals surface area contributed by atoms with Crippen LogP contribution in [0.25, 0.3) is 0 Å². The summed E-state index contributed by atoms with van der Waals surface area (Å²) in [6.07, 6.45) is 4.78. The van der Waals surface area contributed by atoms with Crippen LogP contribution in [0.15, 0.2) is 53.7 Å². The minimum atomic E-state index is -0.264. The first-order valence-corrected chi connectivity index (χ1v) is 8.73. The number of pyridine rings is 1. The molecular weight excluding hydrogens is 330 g/mol. The third-order valence-corrected chi connectivity index (χ3v) is 4.38. The number of piperidine rings is 1. The second kappa shape index (κ2) is 8.99. The number of likely N-dealkylation sites (tertiary alicyclic amines) is 1. The van der Waals surface area contributed by atoms with Gasteiger partial charge in [-0.1, -0.05) is 30.3 Å². The fourth-order valence-corrected chi connectivity index (χ4v) is 3.02. The average molecular weight is 353 g/mol. The summed E-state index contributed by atoms with van der Waals surface area (Å²) in [4.78, 5) is 22.8. The van der Waals surface area contributed by atoms with Crippen molar-refractivity contribution in [1.29, 1.82) is 0 Å². The summed E-state index contributed by atoms with van der Waals surface area (Å²) in [7, 11) is 1.55. The Hall–Kier alpha value is -2.89. The van der Waals surface area contributed by atoms with Gasteiger partial charge in [-0.05, 0) is 30.5 Å². The van der Waals surface area contributed by atoms with Crippen molar-refractivity contribution in [3.05, 3.63) is 59.9 Å². The molecule has 6 nitrogen and oxygen atoms in total. The molecule has 0 bridgehead atoms. The van der Waals surface area contributed by atoms with Crippen LogP contribution in [0.4, 0.5) is 10.5 Å². The van der Waals surface area contributed by atoms with Gasteiger partial charge in [0.2, 0.25) is 0 Å². The predicted octanol–water partition coefficient (Wildman–Crippen LogP) is 3.90. The number of aromatic nitrogens is 1. The number of carbonyl (C=O) groups excluding carboxylic acids is 1. The molecule has 2 heterocycles. The highest BCUT2D eigenvalue weighted by Gasteiger charge is 2.26. The summed E-state index contributed by atoms with van der Waals surface area (Å²) in [6, 6.07) is 13.6. The van der Waals surface area contributed by atoms with Gasteiger partial charge in [0.1, 0.15) is 6.61 Å². The molecule has 0 radical (unpaired) electrons. The van der Waals surface area contributed by atoms with Gasteiger partial charge in [0.15, 0.2) is 6.40 Å². The first-order chi connectivity index (χ1) is 12.8. The summed E-state index contributed by atoms with van der Waals surface area (Å²) in [5, 5.41) is 0. The number of methoxy groups -OCH3 is 1. The van der Waals surface area contributed by atoms with Crippen LogP contribution in [0.5, 0.6) is 0 Å². The normalized spacial score (nSPS) is 17.3. The standard InChI is InChI=1S/C20H23N3O3/c1-25-15-22-18-9-10-19(21-12-18)17-8-5-11-23(13-17)20(24)26-14-16-6-3-2-4-7-16/h2-4,6-7,9-10,12,15,17H,5,8,11,13-14H2,1H3/b22-15-. The minimum Gasteiger partial charge on any atom is -0.486 e. The lowest BCUT2D eigenvalue weighted by molar-refractivity contribution is 0.0856. The number of benzene rings is 1. The Morgan fingerprint density at radius 1 is 1.31 bits per heavy atom. The van der Waals surface area contributed by atoms with Gasteiger partial charge in [0.05, 0.1) is 19.0 Å². The monoisotopic (exact) mass is 353 g/mol. The van der Waals surface area contributed by atoms with Crippen LogP contribution in [0.1, 0.15) is 30.0 Å². The molecule has 1 saturated heterocycles. The van der Waals surface area contributed by atoms with E-state index < -0.39 is 0 Å². The summed E-state index contributed by atoms with van der Waals surface area (Å²) >= 11 is 0. The van der Waals surface area contributed by atoms with Gasteiger partial charge in [0.25, 0.3) is 0 Å².